The lowest BCUT2D eigenvalue weighted by Gasteiger charge is -2.30. The molecule has 0 amide bonds. The number of rotatable bonds is 13. The molecular formula is C12H29NO5Si. The van der Waals surface area contributed by atoms with Gasteiger partial charge in [0.25, 0.3) is 0 Å². The molecule has 0 aliphatic rings. The van der Waals surface area contributed by atoms with Crippen LogP contribution in [0, 0.1) is 0 Å². The minimum Gasteiger partial charge on any atom is -0.395 e. The van der Waals surface area contributed by atoms with E-state index in [2.05, 4.69) is 0 Å². The van der Waals surface area contributed by atoms with Crippen LogP contribution in [-0.2, 0) is 13.3 Å². The van der Waals surface area contributed by atoms with E-state index in [0.717, 1.165) is 0 Å². The molecule has 116 valence electrons. The summed E-state index contributed by atoms with van der Waals surface area (Å²) in [5.41, 5.74) is 0. The van der Waals surface area contributed by atoms with Gasteiger partial charge in [0.2, 0.25) is 0 Å². The fraction of sp³-hybridized carbons (Fsp3) is 1.00. The second-order valence-corrected chi connectivity index (χ2v) is 6.75. The molecule has 0 heterocycles. The average Bonchev–Trinajstić information content (AvgIpc) is 2.37. The van der Waals surface area contributed by atoms with Crippen molar-refractivity contribution >= 4 is 8.80 Å². The molecule has 0 aromatic carbocycles. The number of hydrogen-bond acceptors (Lipinski definition) is 6. The Morgan fingerprint density at radius 2 is 1.21 bits per heavy atom. The molecule has 0 spiro atoms. The van der Waals surface area contributed by atoms with E-state index in [4.69, 9.17) is 23.5 Å². The molecule has 0 atom stereocenters. The molecule has 0 rings (SSSR count). The molecule has 0 saturated heterocycles. The Kier molecular flexibility index (Phi) is 11.8. The van der Waals surface area contributed by atoms with E-state index in [1.54, 1.807) is 0 Å². The quantitative estimate of drug-likeness (QED) is 0.477. The number of aliphatic hydroxyl groups excluding tert-OH is 2. The Labute approximate surface area is 117 Å². The standard InChI is InChI=1S/C12H29NO5Si/c1-4-16-19(17-5-2,18-6-3)12-9-13(7-10-14)8-11-15/h14-15H,4-12H2,1-3H3. The topological polar surface area (TPSA) is 71.4 Å². The van der Waals surface area contributed by atoms with Crippen LogP contribution in [0.25, 0.3) is 0 Å². The van der Waals surface area contributed by atoms with Crippen molar-refractivity contribution in [2.45, 2.75) is 26.8 Å². The molecule has 0 saturated carbocycles. The minimum atomic E-state index is -2.62. The van der Waals surface area contributed by atoms with Gasteiger partial charge in [-0.3, -0.25) is 4.90 Å². The second-order valence-electron chi connectivity index (χ2n) is 4.02. The van der Waals surface area contributed by atoms with Gasteiger partial charge in [0.15, 0.2) is 0 Å². The van der Waals surface area contributed by atoms with Crippen molar-refractivity contribution in [3.05, 3.63) is 0 Å². The lowest BCUT2D eigenvalue weighted by atomic mass is 10.5. The Bertz CT molecular complexity index is 186. The monoisotopic (exact) mass is 295 g/mol. The summed E-state index contributed by atoms with van der Waals surface area (Å²) >= 11 is 0. The van der Waals surface area contributed by atoms with Gasteiger partial charge >= 0.3 is 8.80 Å². The molecule has 2 N–H and O–H groups in total. The second kappa shape index (κ2) is 11.8. The molecule has 0 aromatic rings. The zero-order valence-corrected chi connectivity index (χ0v) is 13.4. The van der Waals surface area contributed by atoms with Crippen LogP contribution in [0.2, 0.25) is 6.04 Å². The summed E-state index contributed by atoms with van der Waals surface area (Å²) in [6, 6.07) is 0.669. The van der Waals surface area contributed by atoms with Gasteiger partial charge in [-0.05, 0) is 20.8 Å². The fourth-order valence-corrected chi connectivity index (χ4v) is 4.51. The number of nitrogens with zero attached hydrogens (tertiary/aromatic N) is 1. The molecule has 7 heteroatoms. The van der Waals surface area contributed by atoms with Crippen molar-refractivity contribution in [2.24, 2.45) is 0 Å². The molecule has 0 fully saturated rings. The molecule has 6 nitrogen and oxygen atoms in total. The molecule has 19 heavy (non-hydrogen) atoms. The van der Waals surface area contributed by atoms with Gasteiger partial charge in [0.05, 0.1) is 13.2 Å². The summed E-state index contributed by atoms with van der Waals surface area (Å²) in [5.74, 6) is 0. The van der Waals surface area contributed by atoms with Gasteiger partial charge in [0.1, 0.15) is 0 Å². The molecule has 0 aromatic heterocycles. The van der Waals surface area contributed by atoms with E-state index in [1.165, 1.54) is 0 Å². The third kappa shape index (κ3) is 7.98. The van der Waals surface area contributed by atoms with Crippen molar-refractivity contribution in [3.63, 3.8) is 0 Å². The van der Waals surface area contributed by atoms with Crippen molar-refractivity contribution < 1.29 is 23.5 Å². The van der Waals surface area contributed by atoms with Crippen LogP contribution >= 0.6 is 0 Å². The average molecular weight is 295 g/mol. The summed E-state index contributed by atoms with van der Waals surface area (Å²) in [5, 5.41) is 18.0. The van der Waals surface area contributed by atoms with E-state index in [0.29, 0.717) is 45.5 Å². The predicted octanol–water partition coefficient (Wildman–Crippen LogP) is 0.321. The molecule has 0 bridgehead atoms. The summed E-state index contributed by atoms with van der Waals surface area (Å²) in [6.45, 7) is 9.39. The maximum absolute atomic E-state index is 9.00. The number of hydrogen-bond donors (Lipinski definition) is 2. The minimum absolute atomic E-state index is 0.0759. The van der Waals surface area contributed by atoms with Gasteiger partial charge in [0, 0.05) is 45.5 Å². The van der Waals surface area contributed by atoms with Crippen molar-refractivity contribution in [3.8, 4) is 0 Å². The summed E-state index contributed by atoms with van der Waals surface area (Å²) < 4.78 is 17.3. The van der Waals surface area contributed by atoms with Crippen molar-refractivity contribution in [2.75, 3.05) is 52.7 Å². The van der Waals surface area contributed by atoms with Crippen LogP contribution in [0.5, 0.6) is 0 Å². The zero-order valence-electron chi connectivity index (χ0n) is 12.4. The Balaban J connectivity index is 4.49. The summed E-state index contributed by atoms with van der Waals surface area (Å²) in [4.78, 5) is 1.98. The highest BCUT2D eigenvalue weighted by molar-refractivity contribution is 6.60. The van der Waals surface area contributed by atoms with Crippen LogP contribution in [0.15, 0.2) is 0 Å². The largest absolute Gasteiger partial charge is 0.502 e. The third-order valence-corrected chi connectivity index (χ3v) is 5.68. The van der Waals surface area contributed by atoms with E-state index < -0.39 is 8.80 Å². The summed E-state index contributed by atoms with van der Waals surface area (Å²) in [6.07, 6.45) is 0. The first-order valence-electron chi connectivity index (χ1n) is 7.03. The van der Waals surface area contributed by atoms with E-state index >= 15 is 0 Å². The first-order valence-corrected chi connectivity index (χ1v) is 8.97. The highest BCUT2D eigenvalue weighted by Crippen LogP contribution is 2.16. The number of aliphatic hydroxyl groups is 2. The smallest absolute Gasteiger partial charge is 0.395 e. The maximum atomic E-state index is 9.00. The zero-order chi connectivity index (χ0) is 14.6. The van der Waals surface area contributed by atoms with Crippen LogP contribution in [-0.4, -0.2) is 76.6 Å². The highest BCUT2D eigenvalue weighted by Gasteiger charge is 2.40. The molecular weight excluding hydrogens is 266 g/mol. The predicted molar refractivity (Wildman–Crippen MR) is 76.1 cm³/mol. The van der Waals surface area contributed by atoms with Gasteiger partial charge in [-0.25, -0.2) is 0 Å². The van der Waals surface area contributed by atoms with E-state index in [9.17, 15) is 0 Å². The lowest BCUT2D eigenvalue weighted by Crippen LogP contribution is -2.48. The van der Waals surface area contributed by atoms with Gasteiger partial charge in [-0.2, -0.15) is 0 Å². The first-order chi connectivity index (χ1) is 9.17. The van der Waals surface area contributed by atoms with Crippen molar-refractivity contribution in [1.82, 2.24) is 4.90 Å². The van der Waals surface area contributed by atoms with Crippen LogP contribution in [0.1, 0.15) is 20.8 Å². The highest BCUT2D eigenvalue weighted by atomic mass is 28.4. The first kappa shape index (κ1) is 19.0. The van der Waals surface area contributed by atoms with E-state index in [1.807, 2.05) is 25.7 Å². The molecule has 0 aliphatic heterocycles. The maximum Gasteiger partial charge on any atom is 0.502 e. The van der Waals surface area contributed by atoms with E-state index in [-0.39, 0.29) is 13.2 Å². The lowest BCUT2D eigenvalue weighted by molar-refractivity contribution is 0.0661. The molecule has 0 aliphatic carbocycles. The van der Waals surface area contributed by atoms with Crippen LogP contribution < -0.4 is 0 Å². The van der Waals surface area contributed by atoms with Gasteiger partial charge in [-0.1, -0.05) is 0 Å². The van der Waals surface area contributed by atoms with Crippen LogP contribution in [0.3, 0.4) is 0 Å². The Morgan fingerprint density at radius 1 is 0.789 bits per heavy atom. The third-order valence-electron chi connectivity index (χ3n) is 2.66. The van der Waals surface area contributed by atoms with Crippen molar-refractivity contribution in [1.29, 1.82) is 0 Å². The summed E-state index contributed by atoms with van der Waals surface area (Å²) in [7, 11) is -2.62. The molecule has 0 unspecified atom stereocenters. The fourth-order valence-electron chi connectivity index (χ4n) is 1.91. The molecule has 0 radical (unpaired) electrons. The van der Waals surface area contributed by atoms with Gasteiger partial charge < -0.3 is 23.5 Å². The SMILES string of the molecule is CCO[Si](CCN(CCO)CCO)(OCC)OCC. The Hall–Kier alpha value is -0.0231. The Morgan fingerprint density at radius 3 is 1.53 bits per heavy atom. The normalized spacial score (nSPS) is 12.3. The van der Waals surface area contributed by atoms with Crippen LogP contribution in [0.4, 0.5) is 0 Å². The van der Waals surface area contributed by atoms with Gasteiger partial charge in [-0.15, -0.1) is 0 Å².